The molecule has 1 aliphatic heterocycles. The molecule has 2 heteroatoms. The average Bonchev–Trinajstić information content (AvgIpc) is 3.00. The van der Waals surface area contributed by atoms with Crippen LogP contribution in [0.25, 0.3) is 0 Å². The van der Waals surface area contributed by atoms with E-state index in [1.165, 1.54) is 43.2 Å². The van der Waals surface area contributed by atoms with E-state index in [0.29, 0.717) is 12.0 Å². The molecule has 18 heavy (non-hydrogen) atoms. The summed E-state index contributed by atoms with van der Waals surface area (Å²) in [5.41, 5.74) is 2.82. The molecule has 0 radical (unpaired) electrons. The number of halogens is 1. The highest BCUT2D eigenvalue weighted by molar-refractivity contribution is 6.21. The Morgan fingerprint density at radius 1 is 1.22 bits per heavy atom. The fourth-order valence-corrected chi connectivity index (χ4v) is 3.79. The number of alkyl halides is 1. The Bertz CT molecular complexity index is 398. The van der Waals surface area contributed by atoms with Crippen LogP contribution in [0.15, 0.2) is 24.3 Å². The van der Waals surface area contributed by atoms with Crippen LogP contribution in [-0.4, -0.2) is 12.7 Å². The molecule has 1 heterocycles. The fraction of sp³-hybridized carbons (Fsp3) is 0.625. The molecule has 0 N–H and O–H groups in total. The SMILES string of the molecule is ClC1c2ccccc2CC1CCCC1CCCO1. The van der Waals surface area contributed by atoms with Crippen molar-refractivity contribution < 1.29 is 4.74 Å². The van der Waals surface area contributed by atoms with E-state index >= 15 is 0 Å². The lowest BCUT2D eigenvalue weighted by Gasteiger charge is -2.15. The molecule has 98 valence electrons. The van der Waals surface area contributed by atoms with Crippen molar-refractivity contribution in [1.82, 2.24) is 0 Å². The molecule has 3 rings (SSSR count). The van der Waals surface area contributed by atoms with Crippen molar-refractivity contribution in [3.8, 4) is 0 Å². The van der Waals surface area contributed by atoms with E-state index in [2.05, 4.69) is 24.3 Å². The quantitative estimate of drug-likeness (QED) is 0.728. The van der Waals surface area contributed by atoms with E-state index in [1.807, 2.05) is 0 Å². The third-order valence-electron chi connectivity index (χ3n) is 4.37. The number of rotatable bonds is 4. The summed E-state index contributed by atoms with van der Waals surface area (Å²) in [7, 11) is 0. The lowest BCUT2D eigenvalue weighted by atomic mass is 9.97. The van der Waals surface area contributed by atoms with Crippen molar-refractivity contribution in [2.24, 2.45) is 5.92 Å². The van der Waals surface area contributed by atoms with Crippen molar-refractivity contribution in [1.29, 1.82) is 0 Å². The van der Waals surface area contributed by atoms with Crippen molar-refractivity contribution in [3.05, 3.63) is 35.4 Å². The summed E-state index contributed by atoms with van der Waals surface area (Å²) in [5.74, 6) is 0.630. The number of hydrogen-bond donors (Lipinski definition) is 0. The van der Waals surface area contributed by atoms with E-state index in [1.54, 1.807) is 0 Å². The molecule has 1 aliphatic carbocycles. The van der Waals surface area contributed by atoms with Crippen LogP contribution < -0.4 is 0 Å². The first-order chi connectivity index (χ1) is 8.84. The van der Waals surface area contributed by atoms with Crippen LogP contribution in [0.3, 0.4) is 0 Å². The second-order valence-electron chi connectivity index (χ2n) is 5.63. The Balaban J connectivity index is 1.50. The maximum Gasteiger partial charge on any atom is 0.0619 e. The fourth-order valence-electron chi connectivity index (χ4n) is 3.36. The van der Waals surface area contributed by atoms with Crippen molar-refractivity contribution >= 4 is 11.6 Å². The molecule has 0 spiro atoms. The monoisotopic (exact) mass is 264 g/mol. The molecule has 1 aromatic rings. The molecule has 0 saturated carbocycles. The van der Waals surface area contributed by atoms with E-state index in [9.17, 15) is 0 Å². The third kappa shape index (κ3) is 2.57. The van der Waals surface area contributed by atoms with Gasteiger partial charge in [0.15, 0.2) is 0 Å². The van der Waals surface area contributed by atoms with E-state index in [0.717, 1.165) is 13.0 Å². The topological polar surface area (TPSA) is 9.23 Å². The predicted octanol–water partition coefficient (Wildman–Crippen LogP) is 4.49. The van der Waals surface area contributed by atoms with Gasteiger partial charge in [-0.05, 0) is 49.1 Å². The summed E-state index contributed by atoms with van der Waals surface area (Å²) < 4.78 is 5.67. The molecule has 3 atom stereocenters. The van der Waals surface area contributed by atoms with Gasteiger partial charge in [-0.2, -0.15) is 0 Å². The zero-order valence-corrected chi connectivity index (χ0v) is 11.5. The first-order valence-corrected chi connectivity index (χ1v) is 7.61. The molecule has 0 bridgehead atoms. The summed E-state index contributed by atoms with van der Waals surface area (Å²) in [6.45, 7) is 0.970. The Morgan fingerprint density at radius 2 is 2.11 bits per heavy atom. The van der Waals surface area contributed by atoms with Crippen molar-refractivity contribution in [2.45, 2.75) is 50.0 Å². The molecule has 0 amide bonds. The van der Waals surface area contributed by atoms with Gasteiger partial charge in [-0.3, -0.25) is 0 Å². The number of hydrogen-bond acceptors (Lipinski definition) is 1. The van der Waals surface area contributed by atoms with Gasteiger partial charge in [0.1, 0.15) is 0 Å². The number of fused-ring (bicyclic) bond motifs is 1. The van der Waals surface area contributed by atoms with E-state index < -0.39 is 0 Å². The largest absolute Gasteiger partial charge is 0.378 e. The molecular formula is C16H21ClO. The Labute approximate surface area is 114 Å². The van der Waals surface area contributed by atoms with Crippen LogP contribution in [0.2, 0.25) is 0 Å². The zero-order valence-electron chi connectivity index (χ0n) is 10.8. The lowest BCUT2D eigenvalue weighted by molar-refractivity contribution is 0.101. The van der Waals surface area contributed by atoms with Crippen LogP contribution in [-0.2, 0) is 11.2 Å². The van der Waals surface area contributed by atoms with Crippen LogP contribution in [0.1, 0.15) is 48.6 Å². The van der Waals surface area contributed by atoms with Crippen LogP contribution >= 0.6 is 11.6 Å². The van der Waals surface area contributed by atoms with E-state index in [-0.39, 0.29) is 5.38 Å². The van der Waals surface area contributed by atoms with Crippen molar-refractivity contribution in [2.75, 3.05) is 6.61 Å². The van der Waals surface area contributed by atoms with Gasteiger partial charge >= 0.3 is 0 Å². The Hall–Kier alpha value is -0.530. The minimum atomic E-state index is 0.227. The smallest absolute Gasteiger partial charge is 0.0619 e. The summed E-state index contributed by atoms with van der Waals surface area (Å²) in [5, 5.41) is 0.227. The van der Waals surface area contributed by atoms with E-state index in [4.69, 9.17) is 16.3 Å². The maximum atomic E-state index is 6.57. The summed E-state index contributed by atoms with van der Waals surface area (Å²) in [6, 6.07) is 8.64. The second kappa shape index (κ2) is 5.63. The van der Waals surface area contributed by atoms with Gasteiger partial charge in [-0.15, -0.1) is 11.6 Å². The average molecular weight is 265 g/mol. The van der Waals surface area contributed by atoms with Gasteiger partial charge < -0.3 is 4.74 Å². The van der Waals surface area contributed by atoms with Crippen molar-refractivity contribution in [3.63, 3.8) is 0 Å². The molecule has 0 aromatic heterocycles. The second-order valence-corrected chi connectivity index (χ2v) is 6.10. The summed E-state index contributed by atoms with van der Waals surface area (Å²) >= 11 is 6.57. The highest BCUT2D eigenvalue weighted by Crippen LogP contribution is 2.43. The maximum absolute atomic E-state index is 6.57. The first-order valence-electron chi connectivity index (χ1n) is 7.18. The van der Waals surface area contributed by atoms with Crippen LogP contribution in [0.5, 0.6) is 0 Å². The Morgan fingerprint density at radius 3 is 2.89 bits per heavy atom. The third-order valence-corrected chi connectivity index (χ3v) is 4.96. The number of benzene rings is 1. The van der Waals surface area contributed by atoms with Crippen LogP contribution in [0.4, 0.5) is 0 Å². The first kappa shape index (κ1) is 12.5. The Kier molecular flexibility index (Phi) is 3.91. The molecule has 1 aromatic carbocycles. The summed E-state index contributed by atoms with van der Waals surface area (Å²) in [6.07, 6.45) is 7.91. The van der Waals surface area contributed by atoms with Gasteiger partial charge in [0.25, 0.3) is 0 Å². The predicted molar refractivity (Wildman–Crippen MR) is 75.1 cm³/mol. The van der Waals surface area contributed by atoms with Gasteiger partial charge in [-0.1, -0.05) is 30.7 Å². The molecule has 2 aliphatic rings. The zero-order chi connectivity index (χ0) is 12.4. The standard InChI is InChI=1S/C16H21ClO/c17-16-13(6-3-7-14-8-4-10-18-14)11-12-5-1-2-9-15(12)16/h1-2,5,9,13-14,16H,3-4,6-8,10-11H2. The van der Waals surface area contributed by atoms with Gasteiger partial charge in [0.05, 0.1) is 11.5 Å². The number of ether oxygens (including phenoxy) is 1. The minimum absolute atomic E-state index is 0.227. The van der Waals surface area contributed by atoms with Gasteiger partial charge in [0, 0.05) is 6.61 Å². The van der Waals surface area contributed by atoms with Crippen LogP contribution in [0, 0.1) is 5.92 Å². The molecule has 1 nitrogen and oxygen atoms in total. The summed E-state index contributed by atoms with van der Waals surface area (Å²) in [4.78, 5) is 0. The van der Waals surface area contributed by atoms with Gasteiger partial charge in [0.2, 0.25) is 0 Å². The molecule has 1 fully saturated rings. The highest BCUT2D eigenvalue weighted by Gasteiger charge is 2.30. The highest BCUT2D eigenvalue weighted by atomic mass is 35.5. The molecule has 3 unspecified atom stereocenters. The molecular weight excluding hydrogens is 244 g/mol. The van der Waals surface area contributed by atoms with Gasteiger partial charge in [-0.25, -0.2) is 0 Å². The lowest BCUT2D eigenvalue weighted by Crippen LogP contribution is -2.08. The molecule has 1 saturated heterocycles. The minimum Gasteiger partial charge on any atom is -0.378 e. The normalized spacial score (nSPS) is 30.6.